The SMILES string of the molecule is CCC(C)Sc1nc(=O)n(CCCO)c2c1CCCC2. The average molecular weight is 296 g/mol. The summed E-state index contributed by atoms with van der Waals surface area (Å²) in [6, 6.07) is 0. The summed E-state index contributed by atoms with van der Waals surface area (Å²) in [6.07, 6.45) is 6.01. The van der Waals surface area contributed by atoms with Gasteiger partial charge >= 0.3 is 5.69 Å². The number of hydrogen-bond donors (Lipinski definition) is 1. The van der Waals surface area contributed by atoms with Crippen LogP contribution < -0.4 is 5.69 Å². The lowest BCUT2D eigenvalue weighted by Gasteiger charge is -2.23. The number of rotatable bonds is 6. The van der Waals surface area contributed by atoms with Crippen LogP contribution in [0.25, 0.3) is 0 Å². The first-order valence-electron chi connectivity index (χ1n) is 7.57. The van der Waals surface area contributed by atoms with Gasteiger partial charge in [0.25, 0.3) is 0 Å². The van der Waals surface area contributed by atoms with E-state index >= 15 is 0 Å². The van der Waals surface area contributed by atoms with Crippen LogP contribution in [0.1, 0.15) is 50.8 Å². The largest absolute Gasteiger partial charge is 0.396 e. The zero-order valence-electron chi connectivity index (χ0n) is 12.4. The van der Waals surface area contributed by atoms with Crippen molar-refractivity contribution in [1.29, 1.82) is 0 Å². The summed E-state index contributed by atoms with van der Waals surface area (Å²) in [5.41, 5.74) is 2.29. The lowest BCUT2D eigenvalue weighted by molar-refractivity contribution is 0.277. The lowest BCUT2D eigenvalue weighted by Crippen LogP contribution is -2.30. The van der Waals surface area contributed by atoms with Gasteiger partial charge in [0.1, 0.15) is 5.03 Å². The fourth-order valence-corrected chi connectivity index (χ4v) is 3.62. The van der Waals surface area contributed by atoms with E-state index in [0.29, 0.717) is 18.2 Å². The minimum Gasteiger partial charge on any atom is -0.396 e. The van der Waals surface area contributed by atoms with Gasteiger partial charge < -0.3 is 5.11 Å². The molecule has 0 bridgehead atoms. The molecule has 1 aromatic rings. The molecule has 1 atom stereocenters. The van der Waals surface area contributed by atoms with Crippen molar-refractivity contribution >= 4 is 11.8 Å². The van der Waals surface area contributed by atoms with Crippen LogP contribution >= 0.6 is 11.8 Å². The lowest BCUT2D eigenvalue weighted by atomic mass is 9.97. The normalized spacial score (nSPS) is 15.9. The Hall–Kier alpha value is -0.810. The molecule has 1 aromatic heterocycles. The fourth-order valence-electron chi connectivity index (χ4n) is 2.58. The molecule has 0 spiro atoms. The van der Waals surface area contributed by atoms with E-state index in [2.05, 4.69) is 18.8 Å². The number of nitrogens with zero attached hydrogens (tertiary/aromatic N) is 2. The maximum Gasteiger partial charge on any atom is 0.348 e. The van der Waals surface area contributed by atoms with E-state index in [0.717, 1.165) is 36.4 Å². The van der Waals surface area contributed by atoms with Gasteiger partial charge in [0.2, 0.25) is 0 Å². The number of hydrogen-bond acceptors (Lipinski definition) is 4. The standard InChI is InChI=1S/C15H24N2O2S/c1-3-11(2)20-14-12-7-4-5-8-13(12)17(9-6-10-18)15(19)16-14/h11,18H,3-10H2,1-2H3. The van der Waals surface area contributed by atoms with E-state index in [1.54, 1.807) is 16.3 Å². The second-order valence-electron chi connectivity index (χ2n) is 5.40. The van der Waals surface area contributed by atoms with Crippen molar-refractivity contribution in [2.45, 2.75) is 69.2 Å². The van der Waals surface area contributed by atoms with Crippen LogP contribution in [-0.4, -0.2) is 26.5 Å². The van der Waals surface area contributed by atoms with Crippen molar-refractivity contribution < 1.29 is 5.11 Å². The molecule has 1 aliphatic carbocycles. The number of thioether (sulfide) groups is 1. The van der Waals surface area contributed by atoms with Crippen LogP contribution in [0.3, 0.4) is 0 Å². The maximum atomic E-state index is 12.2. The second-order valence-corrected chi connectivity index (χ2v) is 6.82. The molecule has 1 heterocycles. The Morgan fingerprint density at radius 2 is 2.15 bits per heavy atom. The zero-order chi connectivity index (χ0) is 14.5. The highest BCUT2D eigenvalue weighted by atomic mass is 32.2. The molecular formula is C15H24N2O2S. The molecule has 0 fully saturated rings. The highest BCUT2D eigenvalue weighted by Crippen LogP contribution is 2.31. The van der Waals surface area contributed by atoms with Gasteiger partial charge in [-0.25, -0.2) is 4.79 Å². The van der Waals surface area contributed by atoms with Crippen LogP contribution in [0.15, 0.2) is 9.82 Å². The monoisotopic (exact) mass is 296 g/mol. The Morgan fingerprint density at radius 3 is 2.85 bits per heavy atom. The van der Waals surface area contributed by atoms with Crippen molar-refractivity contribution in [3.63, 3.8) is 0 Å². The number of aromatic nitrogens is 2. The van der Waals surface area contributed by atoms with Crippen molar-refractivity contribution in [2.24, 2.45) is 0 Å². The van der Waals surface area contributed by atoms with Gasteiger partial charge in [0, 0.05) is 29.7 Å². The van der Waals surface area contributed by atoms with Crippen molar-refractivity contribution in [3.8, 4) is 0 Å². The maximum absolute atomic E-state index is 12.2. The Bertz CT molecular complexity index is 513. The smallest absolute Gasteiger partial charge is 0.348 e. The molecule has 1 N–H and O–H groups in total. The molecule has 0 aliphatic heterocycles. The number of fused-ring (bicyclic) bond motifs is 1. The highest BCUT2D eigenvalue weighted by Gasteiger charge is 2.21. The fraction of sp³-hybridized carbons (Fsp3) is 0.733. The minimum absolute atomic E-state index is 0.116. The minimum atomic E-state index is -0.148. The molecule has 5 heteroatoms. The summed E-state index contributed by atoms with van der Waals surface area (Å²) in [5, 5.41) is 10.4. The molecule has 2 rings (SSSR count). The van der Waals surface area contributed by atoms with E-state index in [4.69, 9.17) is 5.11 Å². The predicted octanol–water partition coefficient (Wildman–Crippen LogP) is 2.40. The zero-order valence-corrected chi connectivity index (χ0v) is 13.2. The van der Waals surface area contributed by atoms with Gasteiger partial charge in [-0.3, -0.25) is 4.57 Å². The first-order chi connectivity index (χ1) is 9.67. The van der Waals surface area contributed by atoms with Crippen LogP contribution in [0.4, 0.5) is 0 Å². The average Bonchev–Trinajstić information content (AvgIpc) is 2.46. The molecule has 1 aliphatic rings. The van der Waals surface area contributed by atoms with E-state index < -0.39 is 0 Å². The first kappa shape index (κ1) is 15.6. The van der Waals surface area contributed by atoms with Crippen LogP contribution in [0.2, 0.25) is 0 Å². The van der Waals surface area contributed by atoms with Gasteiger partial charge in [-0.05, 0) is 38.5 Å². The number of aliphatic hydroxyl groups is 1. The summed E-state index contributed by atoms with van der Waals surface area (Å²) in [7, 11) is 0. The molecule has 20 heavy (non-hydrogen) atoms. The van der Waals surface area contributed by atoms with Crippen LogP contribution in [-0.2, 0) is 19.4 Å². The van der Waals surface area contributed by atoms with Gasteiger partial charge in [-0.2, -0.15) is 4.98 Å². The molecule has 0 saturated carbocycles. The molecule has 112 valence electrons. The van der Waals surface area contributed by atoms with Crippen molar-refractivity contribution in [3.05, 3.63) is 21.7 Å². The number of aliphatic hydroxyl groups excluding tert-OH is 1. The molecule has 0 saturated heterocycles. The van der Waals surface area contributed by atoms with Gasteiger partial charge in [0.05, 0.1) is 0 Å². The first-order valence-corrected chi connectivity index (χ1v) is 8.45. The third-order valence-corrected chi connectivity index (χ3v) is 5.17. The summed E-state index contributed by atoms with van der Waals surface area (Å²) in [6.45, 7) is 5.04. The van der Waals surface area contributed by atoms with Crippen LogP contribution in [0.5, 0.6) is 0 Å². The highest BCUT2D eigenvalue weighted by molar-refractivity contribution is 7.99. The molecule has 0 radical (unpaired) electrons. The Balaban J connectivity index is 2.40. The van der Waals surface area contributed by atoms with Crippen LogP contribution in [0, 0.1) is 0 Å². The van der Waals surface area contributed by atoms with E-state index in [9.17, 15) is 4.79 Å². The topological polar surface area (TPSA) is 55.1 Å². The third kappa shape index (κ3) is 3.44. The summed E-state index contributed by atoms with van der Waals surface area (Å²) >= 11 is 1.73. The Labute approximate surface area is 124 Å². The summed E-state index contributed by atoms with van der Waals surface area (Å²) in [5.74, 6) is 0. The molecular weight excluding hydrogens is 272 g/mol. The molecule has 0 aromatic carbocycles. The molecule has 0 amide bonds. The van der Waals surface area contributed by atoms with Crippen molar-refractivity contribution in [1.82, 2.24) is 9.55 Å². The van der Waals surface area contributed by atoms with E-state index in [-0.39, 0.29) is 12.3 Å². The molecule has 1 unspecified atom stereocenters. The Kier molecular flexibility index (Phi) is 5.66. The van der Waals surface area contributed by atoms with E-state index in [1.165, 1.54) is 12.0 Å². The van der Waals surface area contributed by atoms with Gasteiger partial charge in [-0.1, -0.05) is 13.8 Å². The second kappa shape index (κ2) is 7.27. The van der Waals surface area contributed by atoms with Gasteiger partial charge in [0.15, 0.2) is 0 Å². The summed E-state index contributed by atoms with van der Waals surface area (Å²) in [4.78, 5) is 16.6. The van der Waals surface area contributed by atoms with Crippen molar-refractivity contribution in [2.75, 3.05) is 6.61 Å². The van der Waals surface area contributed by atoms with Gasteiger partial charge in [-0.15, -0.1) is 11.8 Å². The predicted molar refractivity (Wildman–Crippen MR) is 82.5 cm³/mol. The Morgan fingerprint density at radius 1 is 1.40 bits per heavy atom. The van der Waals surface area contributed by atoms with E-state index in [1.807, 2.05) is 0 Å². The third-order valence-electron chi connectivity index (χ3n) is 3.88. The quantitative estimate of drug-likeness (QED) is 0.647. The molecule has 4 nitrogen and oxygen atoms in total. The summed E-state index contributed by atoms with van der Waals surface area (Å²) < 4.78 is 1.78.